The minimum absolute atomic E-state index is 0.137. The molecule has 0 N–H and O–H groups in total. The molecule has 3 heterocycles. The minimum Gasteiger partial charge on any atom is -0.486 e. The topological polar surface area (TPSA) is 34.1 Å². The quantitative estimate of drug-likeness (QED) is 0.338. The molecular formula is C32H26F2N2O2S. The smallest absolute Gasteiger partial charge is 0.174 e. The maximum absolute atomic E-state index is 14.0. The van der Waals surface area contributed by atoms with Gasteiger partial charge in [0.1, 0.15) is 24.8 Å². The average molecular weight is 541 g/mol. The molecule has 39 heavy (non-hydrogen) atoms. The molecule has 0 amide bonds. The molecule has 0 radical (unpaired) electrons. The highest BCUT2D eigenvalue weighted by Gasteiger charge is 2.41. The molecule has 1 aliphatic carbocycles. The molecule has 4 nitrogen and oxygen atoms in total. The number of hydrogen-bond donors (Lipinski definition) is 0. The molecule has 0 saturated carbocycles. The molecule has 3 aromatic carbocycles. The van der Waals surface area contributed by atoms with E-state index in [4.69, 9.17) is 14.5 Å². The normalized spacial score (nSPS) is 22.8. The van der Waals surface area contributed by atoms with Crippen LogP contribution in [0.15, 0.2) is 94.0 Å². The summed E-state index contributed by atoms with van der Waals surface area (Å²) in [6, 6.07) is 19.3. The van der Waals surface area contributed by atoms with E-state index in [1.807, 2.05) is 24.3 Å². The molecule has 0 unspecified atom stereocenters. The van der Waals surface area contributed by atoms with Crippen molar-refractivity contribution in [2.45, 2.75) is 25.8 Å². The first-order valence-electron chi connectivity index (χ1n) is 13.1. The Morgan fingerprint density at radius 1 is 0.897 bits per heavy atom. The van der Waals surface area contributed by atoms with E-state index in [2.05, 4.69) is 29.4 Å². The summed E-state index contributed by atoms with van der Waals surface area (Å²) in [4.78, 5) is 7.49. The molecule has 7 rings (SSSR count). The Morgan fingerprint density at radius 2 is 1.62 bits per heavy atom. The van der Waals surface area contributed by atoms with E-state index >= 15 is 0 Å². The number of rotatable bonds is 3. The number of thioether (sulfide) groups is 1. The number of ether oxygens (including phenoxy) is 2. The van der Waals surface area contributed by atoms with Crippen LogP contribution in [-0.4, -0.2) is 23.3 Å². The van der Waals surface area contributed by atoms with Gasteiger partial charge < -0.3 is 14.4 Å². The molecule has 0 aromatic heterocycles. The second-order valence-electron chi connectivity index (χ2n) is 10.3. The number of aliphatic imine (C=N–C) groups is 1. The maximum atomic E-state index is 14.0. The lowest BCUT2D eigenvalue weighted by Gasteiger charge is -2.41. The molecule has 0 spiro atoms. The number of amidine groups is 1. The van der Waals surface area contributed by atoms with E-state index in [1.54, 1.807) is 23.9 Å². The van der Waals surface area contributed by atoms with Crippen LogP contribution >= 0.6 is 11.8 Å². The maximum Gasteiger partial charge on any atom is 0.174 e. The van der Waals surface area contributed by atoms with Crippen molar-refractivity contribution in [3.8, 4) is 11.5 Å². The average Bonchev–Trinajstić information content (AvgIpc) is 3.37. The predicted molar refractivity (Wildman–Crippen MR) is 151 cm³/mol. The molecule has 7 heteroatoms. The second-order valence-corrected chi connectivity index (χ2v) is 11.1. The van der Waals surface area contributed by atoms with Crippen LogP contribution in [0.5, 0.6) is 11.5 Å². The fraction of sp³-hybridized carbons (Fsp3) is 0.219. The Balaban J connectivity index is 1.36. The second kappa shape index (κ2) is 9.72. The SMILES string of the molecule is C[C@H]1CC2=C(N=C3SC=C(c4ccc5c(c4)OCCO5)N3[C@H]2c2ccc(F)cc2)/C(=C/c2ccc(F)cc2)C1. The van der Waals surface area contributed by atoms with Gasteiger partial charge in [0, 0.05) is 11.0 Å². The van der Waals surface area contributed by atoms with Gasteiger partial charge in [0.15, 0.2) is 16.7 Å². The Bertz CT molecular complexity index is 1570. The summed E-state index contributed by atoms with van der Waals surface area (Å²) >= 11 is 1.59. The van der Waals surface area contributed by atoms with Gasteiger partial charge in [0.05, 0.1) is 17.4 Å². The summed E-state index contributed by atoms with van der Waals surface area (Å²) in [5.41, 5.74) is 7.34. The number of nitrogens with zero attached hydrogens (tertiary/aromatic N) is 2. The lowest BCUT2D eigenvalue weighted by Crippen LogP contribution is -2.35. The Labute approximate surface area is 230 Å². The van der Waals surface area contributed by atoms with Gasteiger partial charge in [-0.1, -0.05) is 43.0 Å². The molecule has 2 atom stereocenters. The number of halogens is 2. The molecule has 0 fully saturated rings. The molecule has 4 aliphatic rings. The summed E-state index contributed by atoms with van der Waals surface area (Å²) in [6.07, 6.45) is 3.89. The first-order valence-corrected chi connectivity index (χ1v) is 14.0. The highest BCUT2D eigenvalue weighted by atomic mass is 32.2. The third-order valence-corrected chi connectivity index (χ3v) is 8.36. The van der Waals surface area contributed by atoms with Crippen molar-refractivity contribution in [1.29, 1.82) is 0 Å². The zero-order chi connectivity index (χ0) is 26.5. The Morgan fingerprint density at radius 3 is 2.38 bits per heavy atom. The highest BCUT2D eigenvalue weighted by molar-refractivity contribution is 8.16. The molecule has 3 aliphatic heterocycles. The summed E-state index contributed by atoms with van der Waals surface area (Å²) in [6.45, 7) is 3.32. The van der Waals surface area contributed by atoms with Gasteiger partial charge in [0.2, 0.25) is 0 Å². The van der Waals surface area contributed by atoms with Crippen molar-refractivity contribution in [2.75, 3.05) is 13.2 Å². The minimum atomic E-state index is -0.259. The van der Waals surface area contributed by atoms with Gasteiger partial charge in [-0.3, -0.25) is 0 Å². The van der Waals surface area contributed by atoms with E-state index in [1.165, 1.54) is 29.8 Å². The molecule has 0 saturated heterocycles. The van der Waals surface area contributed by atoms with Crippen LogP contribution in [0.4, 0.5) is 8.78 Å². The fourth-order valence-electron chi connectivity index (χ4n) is 5.81. The van der Waals surface area contributed by atoms with Gasteiger partial charge >= 0.3 is 0 Å². The van der Waals surface area contributed by atoms with Crippen LogP contribution in [0.3, 0.4) is 0 Å². The Kier molecular flexibility index (Phi) is 6.04. The monoisotopic (exact) mass is 540 g/mol. The molecular weight excluding hydrogens is 514 g/mol. The van der Waals surface area contributed by atoms with Crippen molar-refractivity contribution < 1.29 is 18.3 Å². The summed E-state index contributed by atoms with van der Waals surface area (Å²) in [5.74, 6) is 1.37. The van der Waals surface area contributed by atoms with Crippen LogP contribution in [0, 0.1) is 17.6 Å². The van der Waals surface area contributed by atoms with Gasteiger partial charge in [-0.05, 0) is 89.6 Å². The van der Waals surface area contributed by atoms with Crippen molar-refractivity contribution in [1.82, 2.24) is 4.90 Å². The van der Waals surface area contributed by atoms with Crippen molar-refractivity contribution in [3.63, 3.8) is 0 Å². The van der Waals surface area contributed by atoms with Crippen molar-refractivity contribution >= 4 is 28.7 Å². The molecule has 0 bridgehead atoms. The van der Waals surface area contributed by atoms with Crippen LogP contribution in [0.1, 0.15) is 42.5 Å². The summed E-state index contributed by atoms with van der Waals surface area (Å²) < 4.78 is 39.2. The standard InChI is InChI=1S/C32H26F2N2O2S/c1-19-14-23(16-20-2-7-24(33)8-3-20)30-26(15-19)31(21-4-9-25(34)10-5-21)36-27(18-39-32(36)35-30)22-6-11-28-29(17-22)38-13-12-37-28/h2-11,16-19,31H,12-15H2,1H3/b23-16+/t19-,31+/m1/s1. The third kappa shape index (κ3) is 4.44. The van der Waals surface area contributed by atoms with Crippen molar-refractivity contribution in [3.05, 3.63) is 117 Å². The first-order chi connectivity index (χ1) is 19.0. The van der Waals surface area contributed by atoms with E-state index in [9.17, 15) is 8.78 Å². The van der Waals surface area contributed by atoms with Crippen LogP contribution < -0.4 is 9.47 Å². The van der Waals surface area contributed by atoms with Crippen molar-refractivity contribution in [2.24, 2.45) is 10.9 Å². The summed E-state index contributed by atoms with van der Waals surface area (Å²) in [7, 11) is 0. The predicted octanol–water partition coefficient (Wildman–Crippen LogP) is 7.96. The lowest BCUT2D eigenvalue weighted by atomic mass is 9.78. The molecule has 3 aromatic rings. The van der Waals surface area contributed by atoms with Gasteiger partial charge in [0.25, 0.3) is 0 Å². The van der Waals surface area contributed by atoms with Crippen LogP contribution in [0.2, 0.25) is 0 Å². The highest BCUT2D eigenvalue weighted by Crippen LogP contribution is 2.52. The van der Waals surface area contributed by atoms with Crippen LogP contribution in [0.25, 0.3) is 11.8 Å². The lowest BCUT2D eigenvalue weighted by molar-refractivity contribution is 0.171. The number of fused-ring (bicyclic) bond motifs is 2. The number of benzene rings is 3. The largest absolute Gasteiger partial charge is 0.486 e. The Hall–Kier alpha value is -3.84. The van der Waals surface area contributed by atoms with Gasteiger partial charge in [-0.15, -0.1) is 0 Å². The molecule has 196 valence electrons. The van der Waals surface area contributed by atoms with Gasteiger partial charge in [-0.2, -0.15) is 0 Å². The number of allylic oxidation sites excluding steroid dienone is 1. The van der Waals surface area contributed by atoms with E-state index in [-0.39, 0.29) is 17.7 Å². The number of hydrogen-bond acceptors (Lipinski definition) is 5. The zero-order valence-electron chi connectivity index (χ0n) is 21.4. The van der Waals surface area contributed by atoms with Gasteiger partial charge in [-0.25, -0.2) is 13.8 Å². The van der Waals surface area contributed by atoms with E-state index < -0.39 is 0 Å². The zero-order valence-corrected chi connectivity index (χ0v) is 22.2. The third-order valence-electron chi connectivity index (χ3n) is 7.52. The first kappa shape index (κ1) is 24.2. The fourth-order valence-corrected chi connectivity index (χ4v) is 6.73. The van der Waals surface area contributed by atoms with Crippen LogP contribution in [-0.2, 0) is 0 Å². The van der Waals surface area contributed by atoms with E-state index in [0.29, 0.717) is 19.1 Å². The summed E-state index contributed by atoms with van der Waals surface area (Å²) in [5, 5.41) is 3.01. The van der Waals surface area contributed by atoms with E-state index in [0.717, 1.165) is 63.2 Å².